The van der Waals surface area contributed by atoms with Crippen molar-refractivity contribution in [3.05, 3.63) is 230 Å². The van der Waals surface area contributed by atoms with E-state index in [1.54, 1.807) is 0 Å². The first-order valence-corrected chi connectivity index (χ1v) is 21.9. The molecule has 4 heteroatoms. The lowest BCUT2D eigenvalue weighted by Gasteiger charge is -2.15. The van der Waals surface area contributed by atoms with E-state index in [4.69, 9.17) is 9.97 Å². The van der Waals surface area contributed by atoms with Crippen molar-refractivity contribution in [1.82, 2.24) is 19.1 Å². The molecule has 0 aliphatic carbocycles. The minimum Gasteiger partial charge on any atom is -0.309 e. The summed E-state index contributed by atoms with van der Waals surface area (Å²) < 4.78 is 4.81. The Bertz CT molecular complexity index is 3600. The van der Waals surface area contributed by atoms with E-state index in [9.17, 15) is 0 Å². The highest BCUT2D eigenvalue weighted by molar-refractivity contribution is 6.12. The van der Waals surface area contributed by atoms with Crippen molar-refractivity contribution in [1.29, 1.82) is 0 Å². The van der Waals surface area contributed by atoms with Gasteiger partial charge in [0.1, 0.15) is 0 Å². The van der Waals surface area contributed by atoms with E-state index >= 15 is 0 Å². The van der Waals surface area contributed by atoms with Crippen LogP contribution in [0, 0.1) is 13.8 Å². The zero-order valence-corrected chi connectivity index (χ0v) is 35.6. The van der Waals surface area contributed by atoms with Gasteiger partial charge >= 0.3 is 0 Å². The summed E-state index contributed by atoms with van der Waals surface area (Å²) in [6.45, 7) is 4.44. The molecule has 0 atom stereocenters. The SMILES string of the molecule is Cc1cc(-c2ccc(-n3c4ccccc4c4cc(-n5c6ccccc6c6ccccc65)ccc43)cc2)c(C)cc1-c1ccc(-c2cc(-c3ccccc3)nc(-c3ccccc3)n2)cc1. The molecule has 0 aliphatic rings. The molecule has 0 radical (unpaired) electrons. The standard InChI is InChI=1S/C60H42N4/c1-39-36-52(40(2)35-51(39)41-25-27-44(28-26-41)55-38-54(43-15-5-3-6-16-43)61-60(62-55)45-17-7-4-8-18-45)42-29-31-46(32-30-42)63-58-24-14-11-21-50(58)53-37-47(33-34-59(53)63)64-56-22-12-9-19-48(56)49-20-10-13-23-57(49)64/h3-38H,1-2H3. The maximum atomic E-state index is 5.05. The van der Waals surface area contributed by atoms with Crippen molar-refractivity contribution < 1.29 is 0 Å². The van der Waals surface area contributed by atoms with Gasteiger partial charge in [-0.05, 0) is 102 Å². The molecule has 0 fully saturated rings. The Labute approximate surface area is 372 Å². The number of para-hydroxylation sites is 3. The number of rotatable bonds is 7. The van der Waals surface area contributed by atoms with Crippen LogP contribution in [-0.4, -0.2) is 19.1 Å². The van der Waals surface area contributed by atoms with Crippen LogP contribution in [0.5, 0.6) is 0 Å². The summed E-state index contributed by atoms with van der Waals surface area (Å²) in [6, 6.07) is 78.3. The van der Waals surface area contributed by atoms with Crippen molar-refractivity contribution in [2.45, 2.75) is 13.8 Å². The molecule has 0 saturated carbocycles. The van der Waals surface area contributed by atoms with Gasteiger partial charge in [-0.1, -0.05) is 164 Å². The summed E-state index contributed by atoms with van der Waals surface area (Å²) in [7, 11) is 0. The zero-order valence-electron chi connectivity index (χ0n) is 35.6. The fourth-order valence-electron chi connectivity index (χ4n) is 9.70. The lowest BCUT2D eigenvalue weighted by Crippen LogP contribution is -1.96. The van der Waals surface area contributed by atoms with Gasteiger partial charge in [0, 0.05) is 49.6 Å². The quantitative estimate of drug-likeness (QED) is 0.161. The van der Waals surface area contributed by atoms with Crippen LogP contribution >= 0.6 is 0 Å². The van der Waals surface area contributed by atoms with Gasteiger partial charge in [0.15, 0.2) is 5.82 Å². The second-order valence-corrected chi connectivity index (χ2v) is 16.7. The van der Waals surface area contributed by atoms with Crippen molar-refractivity contribution >= 4 is 43.6 Å². The van der Waals surface area contributed by atoms with Crippen molar-refractivity contribution in [3.63, 3.8) is 0 Å². The first-order valence-electron chi connectivity index (χ1n) is 21.9. The molecule has 9 aromatic carbocycles. The molecule has 0 amide bonds. The molecule has 4 nitrogen and oxygen atoms in total. The number of hydrogen-bond donors (Lipinski definition) is 0. The Kier molecular flexibility index (Phi) is 8.91. The lowest BCUT2D eigenvalue weighted by molar-refractivity contribution is 1.16. The first kappa shape index (κ1) is 37.4. The Morgan fingerprint density at radius 3 is 1.23 bits per heavy atom. The first-order chi connectivity index (χ1) is 31.6. The third kappa shape index (κ3) is 6.30. The number of nitrogens with zero attached hydrogens (tertiary/aromatic N) is 4. The number of aromatic nitrogens is 4. The van der Waals surface area contributed by atoms with Gasteiger partial charge < -0.3 is 9.13 Å². The van der Waals surface area contributed by atoms with E-state index in [0.29, 0.717) is 0 Å². The zero-order chi connectivity index (χ0) is 42.7. The van der Waals surface area contributed by atoms with E-state index in [2.05, 4.69) is 217 Å². The third-order valence-electron chi connectivity index (χ3n) is 12.8. The van der Waals surface area contributed by atoms with Gasteiger partial charge in [0.25, 0.3) is 0 Å². The molecule has 3 heterocycles. The molecule has 0 bridgehead atoms. The topological polar surface area (TPSA) is 35.6 Å². The third-order valence-corrected chi connectivity index (χ3v) is 12.8. The van der Waals surface area contributed by atoms with Gasteiger partial charge in [-0.2, -0.15) is 0 Å². The van der Waals surface area contributed by atoms with Crippen LogP contribution in [0.4, 0.5) is 0 Å². The van der Waals surface area contributed by atoms with Crippen LogP contribution in [0.3, 0.4) is 0 Å². The van der Waals surface area contributed by atoms with Gasteiger partial charge in [-0.25, -0.2) is 9.97 Å². The molecule has 0 aliphatic heterocycles. The normalized spacial score (nSPS) is 11.6. The summed E-state index contributed by atoms with van der Waals surface area (Å²) in [6.07, 6.45) is 0. The number of hydrogen-bond acceptors (Lipinski definition) is 2. The van der Waals surface area contributed by atoms with Gasteiger partial charge in [-0.15, -0.1) is 0 Å². The highest BCUT2D eigenvalue weighted by Crippen LogP contribution is 2.39. The highest BCUT2D eigenvalue weighted by atomic mass is 15.0. The molecule has 64 heavy (non-hydrogen) atoms. The van der Waals surface area contributed by atoms with Gasteiger partial charge in [-0.3, -0.25) is 0 Å². The number of aryl methyl sites for hydroxylation is 2. The molecular formula is C60H42N4. The Hall–Kier alpha value is -8.34. The van der Waals surface area contributed by atoms with Crippen LogP contribution in [0.25, 0.3) is 111 Å². The fourth-order valence-corrected chi connectivity index (χ4v) is 9.70. The molecule has 0 N–H and O–H groups in total. The van der Waals surface area contributed by atoms with Crippen molar-refractivity contribution in [3.8, 4) is 67.5 Å². The summed E-state index contributed by atoms with van der Waals surface area (Å²) in [5.41, 5.74) is 19.4. The number of benzene rings is 9. The average molecular weight is 819 g/mol. The van der Waals surface area contributed by atoms with Crippen molar-refractivity contribution in [2.24, 2.45) is 0 Å². The largest absolute Gasteiger partial charge is 0.309 e. The predicted molar refractivity (Wildman–Crippen MR) is 267 cm³/mol. The lowest BCUT2D eigenvalue weighted by atomic mass is 9.91. The Balaban J connectivity index is 0.865. The minimum atomic E-state index is 0.719. The predicted octanol–water partition coefficient (Wildman–Crippen LogP) is 15.6. The Morgan fingerprint density at radius 1 is 0.297 bits per heavy atom. The maximum absolute atomic E-state index is 5.05. The van der Waals surface area contributed by atoms with Gasteiger partial charge in [0.05, 0.1) is 33.5 Å². The fraction of sp³-hybridized carbons (Fsp3) is 0.0333. The Morgan fingerprint density at radius 2 is 0.688 bits per heavy atom. The number of fused-ring (bicyclic) bond motifs is 6. The molecule has 0 spiro atoms. The molecular weight excluding hydrogens is 777 g/mol. The van der Waals surface area contributed by atoms with E-state index in [0.717, 1.165) is 45.3 Å². The average Bonchev–Trinajstić information content (AvgIpc) is 3.88. The summed E-state index contributed by atoms with van der Waals surface area (Å²) >= 11 is 0. The van der Waals surface area contributed by atoms with Crippen molar-refractivity contribution in [2.75, 3.05) is 0 Å². The summed E-state index contributed by atoms with van der Waals surface area (Å²) in [5, 5.41) is 5.01. The van der Waals surface area contributed by atoms with E-state index in [1.165, 1.54) is 77.0 Å². The van der Waals surface area contributed by atoms with E-state index in [1.807, 2.05) is 24.3 Å². The van der Waals surface area contributed by atoms with Gasteiger partial charge in [0.2, 0.25) is 0 Å². The molecule has 3 aromatic heterocycles. The second-order valence-electron chi connectivity index (χ2n) is 16.7. The molecule has 0 saturated heterocycles. The molecule has 302 valence electrons. The summed E-state index contributed by atoms with van der Waals surface area (Å²) in [5.74, 6) is 0.719. The second kappa shape index (κ2) is 15.2. The highest BCUT2D eigenvalue weighted by Gasteiger charge is 2.18. The molecule has 12 aromatic rings. The maximum Gasteiger partial charge on any atom is 0.160 e. The van der Waals surface area contributed by atoms with Crippen LogP contribution < -0.4 is 0 Å². The van der Waals surface area contributed by atoms with E-state index < -0.39 is 0 Å². The molecule has 12 rings (SSSR count). The van der Waals surface area contributed by atoms with Crippen LogP contribution in [0.1, 0.15) is 11.1 Å². The van der Waals surface area contributed by atoms with Crippen LogP contribution in [-0.2, 0) is 0 Å². The monoisotopic (exact) mass is 818 g/mol. The minimum absolute atomic E-state index is 0.719. The summed E-state index contributed by atoms with van der Waals surface area (Å²) in [4.78, 5) is 10.0. The van der Waals surface area contributed by atoms with E-state index in [-0.39, 0.29) is 0 Å². The molecule has 0 unspecified atom stereocenters. The van der Waals surface area contributed by atoms with Crippen LogP contribution in [0.15, 0.2) is 218 Å². The smallest absolute Gasteiger partial charge is 0.160 e. The van der Waals surface area contributed by atoms with Crippen LogP contribution in [0.2, 0.25) is 0 Å².